The highest BCUT2D eigenvalue weighted by Gasteiger charge is 2.17. The molecule has 0 bridgehead atoms. The van der Waals surface area contributed by atoms with Crippen LogP contribution >= 0.6 is 0 Å². The van der Waals surface area contributed by atoms with Gasteiger partial charge in [0.1, 0.15) is 0 Å². The van der Waals surface area contributed by atoms with E-state index in [4.69, 9.17) is 0 Å². The molecule has 1 aromatic carbocycles. The van der Waals surface area contributed by atoms with Crippen molar-refractivity contribution in [3.05, 3.63) is 63.1 Å². The summed E-state index contributed by atoms with van der Waals surface area (Å²) in [5.74, 6) is -1.02. The Morgan fingerprint density at radius 1 is 1.11 bits per heavy atom. The predicted molar refractivity (Wildman–Crippen MR) is 73.2 cm³/mol. The number of para-hydroxylation sites is 1. The number of hydrogen-bond acceptors (Lipinski definition) is 2. The molecule has 98 valence electrons. The predicted octanol–water partition coefficient (Wildman–Crippen LogP) is 2.46. The van der Waals surface area contributed by atoms with Gasteiger partial charge in [0, 0.05) is 11.8 Å². The Bertz CT molecular complexity index is 714. The molecule has 4 heteroatoms. The number of carboxylic acid groups (broad SMARTS) is 1. The molecule has 1 heterocycles. The Hall–Kier alpha value is -2.36. The minimum absolute atomic E-state index is 0.183. The van der Waals surface area contributed by atoms with Gasteiger partial charge < -0.3 is 5.11 Å². The molecule has 0 amide bonds. The Kier molecular flexibility index (Phi) is 3.25. The number of carboxylic acids is 1. The molecule has 0 saturated carbocycles. The van der Waals surface area contributed by atoms with Crippen molar-refractivity contribution in [1.82, 2.24) is 4.57 Å². The number of carbonyl (C=O) groups is 1. The molecular weight excluding hydrogens is 242 g/mol. The van der Waals surface area contributed by atoms with Crippen LogP contribution in [-0.4, -0.2) is 15.6 Å². The number of aryl methyl sites for hydroxylation is 2. The summed E-state index contributed by atoms with van der Waals surface area (Å²) in [5, 5.41) is 9.26. The van der Waals surface area contributed by atoms with Crippen molar-refractivity contribution in [2.75, 3.05) is 0 Å². The molecule has 0 fully saturated rings. The van der Waals surface area contributed by atoms with Gasteiger partial charge in [-0.2, -0.15) is 0 Å². The number of pyridine rings is 1. The summed E-state index contributed by atoms with van der Waals surface area (Å²) in [6.07, 6.45) is 0. The lowest BCUT2D eigenvalue weighted by atomic mass is 10.1. The second kappa shape index (κ2) is 4.72. The molecule has 0 saturated heterocycles. The Morgan fingerprint density at radius 2 is 1.74 bits per heavy atom. The molecule has 0 atom stereocenters. The first-order chi connectivity index (χ1) is 8.93. The monoisotopic (exact) mass is 257 g/mol. The number of aromatic carboxylic acids is 1. The van der Waals surface area contributed by atoms with Crippen molar-refractivity contribution < 1.29 is 9.90 Å². The van der Waals surface area contributed by atoms with Crippen LogP contribution in [0.15, 0.2) is 35.1 Å². The number of rotatable bonds is 2. The van der Waals surface area contributed by atoms with Gasteiger partial charge in [-0.05, 0) is 38.0 Å². The fraction of sp³-hybridized carbons (Fsp3) is 0.200. The quantitative estimate of drug-likeness (QED) is 0.899. The maximum absolute atomic E-state index is 12.2. The van der Waals surface area contributed by atoms with Crippen LogP contribution in [0.4, 0.5) is 0 Å². The molecule has 1 N–H and O–H groups in total. The topological polar surface area (TPSA) is 59.3 Å². The van der Waals surface area contributed by atoms with E-state index in [1.165, 1.54) is 10.6 Å². The molecule has 1 aromatic heterocycles. The molecule has 0 aliphatic carbocycles. The first kappa shape index (κ1) is 13.1. The minimum Gasteiger partial charge on any atom is -0.478 e. The average Bonchev–Trinajstić information content (AvgIpc) is 2.30. The zero-order chi connectivity index (χ0) is 14.2. The zero-order valence-corrected chi connectivity index (χ0v) is 11.1. The second-order valence-corrected chi connectivity index (χ2v) is 4.55. The van der Waals surface area contributed by atoms with E-state index in [1.807, 2.05) is 31.2 Å². The first-order valence-electron chi connectivity index (χ1n) is 5.96. The molecule has 4 nitrogen and oxygen atoms in total. The summed E-state index contributed by atoms with van der Waals surface area (Å²) in [7, 11) is 0. The van der Waals surface area contributed by atoms with Crippen LogP contribution in [0.1, 0.15) is 27.2 Å². The molecule has 0 aliphatic heterocycles. The lowest BCUT2D eigenvalue weighted by molar-refractivity contribution is 0.0694. The zero-order valence-electron chi connectivity index (χ0n) is 11.1. The van der Waals surface area contributed by atoms with Gasteiger partial charge in [-0.15, -0.1) is 0 Å². The summed E-state index contributed by atoms with van der Waals surface area (Å²) in [6, 6.07) is 8.77. The molecule has 0 spiro atoms. The number of hydrogen-bond donors (Lipinski definition) is 1. The molecule has 0 radical (unpaired) electrons. The normalized spacial score (nSPS) is 10.5. The van der Waals surface area contributed by atoms with Gasteiger partial charge in [0.2, 0.25) is 0 Å². The standard InChI is InChI=1S/C15H15NO3/c1-9-6-4-5-7-12(9)16-11(3)14(15(18)19)10(2)8-13(16)17/h4-8H,1-3H3,(H,18,19). The van der Waals surface area contributed by atoms with Crippen LogP contribution in [0, 0.1) is 20.8 Å². The maximum atomic E-state index is 12.2. The van der Waals surface area contributed by atoms with Crippen LogP contribution < -0.4 is 5.56 Å². The van der Waals surface area contributed by atoms with Crippen LogP contribution in [0.25, 0.3) is 5.69 Å². The maximum Gasteiger partial charge on any atom is 0.337 e. The average molecular weight is 257 g/mol. The van der Waals surface area contributed by atoms with Crippen molar-refractivity contribution in [3.63, 3.8) is 0 Å². The second-order valence-electron chi connectivity index (χ2n) is 4.55. The van der Waals surface area contributed by atoms with E-state index in [-0.39, 0.29) is 11.1 Å². The van der Waals surface area contributed by atoms with E-state index < -0.39 is 5.97 Å². The van der Waals surface area contributed by atoms with Crippen LogP contribution in [0.5, 0.6) is 0 Å². The number of aromatic nitrogens is 1. The summed E-state index contributed by atoms with van der Waals surface area (Å²) in [6.45, 7) is 5.19. The third-order valence-electron chi connectivity index (χ3n) is 3.22. The third-order valence-corrected chi connectivity index (χ3v) is 3.22. The van der Waals surface area contributed by atoms with E-state index in [2.05, 4.69) is 0 Å². The fourth-order valence-electron chi connectivity index (χ4n) is 2.32. The molecule has 0 unspecified atom stereocenters. The van der Waals surface area contributed by atoms with Crippen molar-refractivity contribution in [1.29, 1.82) is 0 Å². The highest BCUT2D eigenvalue weighted by atomic mass is 16.4. The summed E-state index contributed by atoms with van der Waals surface area (Å²) < 4.78 is 1.45. The van der Waals surface area contributed by atoms with Gasteiger partial charge in [-0.25, -0.2) is 4.79 Å². The summed E-state index contributed by atoms with van der Waals surface area (Å²) in [5.41, 5.74) is 2.55. The van der Waals surface area contributed by atoms with E-state index >= 15 is 0 Å². The number of nitrogens with zero attached hydrogens (tertiary/aromatic N) is 1. The number of benzene rings is 1. The molecular formula is C15H15NO3. The van der Waals surface area contributed by atoms with Gasteiger partial charge in [0.05, 0.1) is 11.3 Å². The van der Waals surface area contributed by atoms with E-state index in [0.717, 1.165) is 5.56 Å². The lowest BCUT2D eigenvalue weighted by Crippen LogP contribution is -2.24. The summed E-state index contributed by atoms with van der Waals surface area (Å²) >= 11 is 0. The van der Waals surface area contributed by atoms with Gasteiger partial charge in [-0.3, -0.25) is 9.36 Å². The van der Waals surface area contributed by atoms with Crippen LogP contribution in [0.2, 0.25) is 0 Å². The Morgan fingerprint density at radius 3 is 2.32 bits per heavy atom. The van der Waals surface area contributed by atoms with Crippen molar-refractivity contribution in [3.8, 4) is 5.69 Å². The lowest BCUT2D eigenvalue weighted by Gasteiger charge is -2.15. The van der Waals surface area contributed by atoms with E-state index in [9.17, 15) is 14.7 Å². The Labute approximate surface area is 110 Å². The van der Waals surface area contributed by atoms with Gasteiger partial charge in [0.15, 0.2) is 0 Å². The van der Waals surface area contributed by atoms with Gasteiger partial charge in [0.25, 0.3) is 5.56 Å². The highest BCUT2D eigenvalue weighted by Crippen LogP contribution is 2.18. The van der Waals surface area contributed by atoms with E-state index in [1.54, 1.807) is 13.8 Å². The Balaban J connectivity index is 2.86. The fourth-order valence-corrected chi connectivity index (χ4v) is 2.32. The molecule has 2 rings (SSSR count). The van der Waals surface area contributed by atoms with Gasteiger partial charge >= 0.3 is 5.97 Å². The smallest absolute Gasteiger partial charge is 0.337 e. The molecule has 0 aliphatic rings. The SMILES string of the molecule is Cc1ccccc1-n1c(C)c(C(=O)O)c(C)cc1=O. The molecule has 19 heavy (non-hydrogen) atoms. The third kappa shape index (κ3) is 2.17. The summed E-state index contributed by atoms with van der Waals surface area (Å²) in [4.78, 5) is 23.5. The van der Waals surface area contributed by atoms with Crippen LogP contribution in [-0.2, 0) is 0 Å². The highest BCUT2D eigenvalue weighted by molar-refractivity contribution is 5.90. The van der Waals surface area contributed by atoms with Crippen molar-refractivity contribution in [2.45, 2.75) is 20.8 Å². The first-order valence-corrected chi connectivity index (χ1v) is 5.96. The molecule has 2 aromatic rings. The van der Waals surface area contributed by atoms with Crippen molar-refractivity contribution >= 4 is 5.97 Å². The minimum atomic E-state index is -1.02. The van der Waals surface area contributed by atoms with Crippen LogP contribution in [0.3, 0.4) is 0 Å². The van der Waals surface area contributed by atoms with E-state index in [0.29, 0.717) is 16.9 Å². The largest absolute Gasteiger partial charge is 0.478 e. The van der Waals surface area contributed by atoms with Crippen molar-refractivity contribution in [2.24, 2.45) is 0 Å². The van der Waals surface area contributed by atoms with Gasteiger partial charge in [-0.1, -0.05) is 18.2 Å².